The topological polar surface area (TPSA) is 70.7 Å². The van der Waals surface area contributed by atoms with Gasteiger partial charge >= 0.3 is 12.1 Å². The molecule has 0 saturated carbocycles. The van der Waals surface area contributed by atoms with Gasteiger partial charge in [0.2, 0.25) is 0 Å². The number of benzene rings is 1. The maximum Gasteiger partial charge on any atom is 0.409 e. The van der Waals surface area contributed by atoms with Crippen LogP contribution < -0.4 is 10.6 Å². The lowest BCUT2D eigenvalue weighted by atomic mass is 10.1. The van der Waals surface area contributed by atoms with Crippen LogP contribution in [0.15, 0.2) is 24.3 Å². The minimum absolute atomic E-state index is 0.0783. The van der Waals surface area contributed by atoms with E-state index in [2.05, 4.69) is 33.2 Å². The van der Waals surface area contributed by atoms with Crippen molar-refractivity contribution in [3.63, 3.8) is 0 Å². The molecule has 1 saturated heterocycles. The Morgan fingerprint density at radius 1 is 1.27 bits per heavy atom. The summed E-state index contributed by atoms with van der Waals surface area (Å²) in [5.41, 5.74) is 0.766. The molecule has 2 N–H and O–H groups in total. The van der Waals surface area contributed by atoms with E-state index < -0.39 is 0 Å². The highest BCUT2D eigenvalue weighted by Crippen LogP contribution is 2.13. The Labute approximate surface area is 143 Å². The normalized spacial score (nSPS) is 15.3. The fourth-order valence-corrected chi connectivity index (χ4v) is 2.67. The zero-order valence-electron chi connectivity index (χ0n) is 12.5. The number of ether oxygens (including phenoxy) is 1. The molecule has 0 radical (unpaired) electrons. The summed E-state index contributed by atoms with van der Waals surface area (Å²) in [7, 11) is 0. The molecule has 120 valence electrons. The Balaban J connectivity index is 1.74. The van der Waals surface area contributed by atoms with E-state index in [4.69, 9.17) is 4.74 Å². The summed E-state index contributed by atoms with van der Waals surface area (Å²) in [5, 5.41) is 5.75. The molecule has 1 fully saturated rings. The average molecular weight is 417 g/mol. The number of piperidine rings is 1. The van der Waals surface area contributed by atoms with Crippen molar-refractivity contribution >= 4 is 40.4 Å². The summed E-state index contributed by atoms with van der Waals surface area (Å²) in [5.74, 6) is 0. The number of carbonyl (C=O) groups excluding carboxylic acids is 2. The Bertz CT molecular complexity index is 513. The lowest BCUT2D eigenvalue weighted by Crippen LogP contribution is -2.47. The molecule has 0 aliphatic carbocycles. The number of anilines is 1. The van der Waals surface area contributed by atoms with E-state index in [1.54, 1.807) is 11.8 Å². The molecule has 22 heavy (non-hydrogen) atoms. The maximum absolute atomic E-state index is 12.0. The van der Waals surface area contributed by atoms with Crippen molar-refractivity contribution in [2.75, 3.05) is 25.0 Å². The molecular formula is C15H20IN3O3. The predicted molar refractivity (Wildman–Crippen MR) is 92.9 cm³/mol. The summed E-state index contributed by atoms with van der Waals surface area (Å²) in [6, 6.07) is 7.47. The molecule has 0 bridgehead atoms. The third-order valence-corrected chi connectivity index (χ3v) is 4.18. The quantitative estimate of drug-likeness (QED) is 0.743. The van der Waals surface area contributed by atoms with Crippen LogP contribution in [-0.2, 0) is 4.74 Å². The Hall–Kier alpha value is -1.51. The minimum atomic E-state index is -0.274. The van der Waals surface area contributed by atoms with Gasteiger partial charge in [-0.2, -0.15) is 0 Å². The van der Waals surface area contributed by atoms with Crippen LogP contribution in [0.5, 0.6) is 0 Å². The molecule has 0 unspecified atom stereocenters. The number of amides is 3. The molecule has 1 aromatic rings. The standard InChI is InChI=1S/C15H20IN3O3/c1-2-22-15(21)19-9-7-13(8-10-19)18-14(20)17-12-5-3-11(16)4-6-12/h3-6,13H,2,7-10H2,1H3,(H2,17,18,20). The third-order valence-electron chi connectivity index (χ3n) is 3.46. The number of nitrogens with zero attached hydrogens (tertiary/aromatic N) is 1. The number of urea groups is 1. The summed E-state index contributed by atoms with van der Waals surface area (Å²) in [6.45, 7) is 3.39. The van der Waals surface area contributed by atoms with E-state index in [-0.39, 0.29) is 18.2 Å². The fourth-order valence-electron chi connectivity index (χ4n) is 2.31. The number of likely N-dealkylation sites (tertiary alicyclic amines) is 1. The second-order valence-corrected chi connectivity index (χ2v) is 6.31. The highest BCUT2D eigenvalue weighted by molar-refractivity contribution is 14.1. The van der Waals surface area contributed by atoms with Gasteiger partial charge in [-0.1, -0.05) is 0 Å². The fraction of sp³-hybridized carbons (Fsp3) is 0.467. The van der Waals surface area contributed by atoms with Gasteiger partial charge in [0.25, 0.3) is 0 Å². The van der Waals surface area contributed by atoms with Gasteiger partial charge in [0.15, 0.2) is 0 Å². The van der Waals surface area contributed by atoms with Crippen LogP contribution in [0.25, 0.3) is 0 Å². The first-order chi connectivity index (χ1) is 10.6. The molecule has 0 aromatic heterocycles. The van der Waals surface area contributed by atoms with E-state index in [1.165, 1.54) is 0 Å². The van der Waals surface area contributed by atoms with Crippen molar-refractivity contribution in [3.8, 4) is 0 Å². The first-order valence-electron chi connectivity index (χ1n) is 7.33. The Kier molecular flexibility index (Phi) is 6.29. The Morgan fingerprint density at radius 3 is 2.50 bits per heavy atom. The molecule has 1 aliphatic rings. The zero-order chi connectivity index (χ0) is 15.9. The summed E-state index contributed by atoms with van der Waals surface area (Å²) >= 11 is 2.22. The molecule has 6 nitrogen and oxygen atoms in total. The summed E-state index contributed by atoms with van der Waals surface area (Å²) in [6.07, 6.45) is 1.20. The lowest BCUT2D eigenvalue weighted by molar-refractivity contribution is 0.0959. The van der Waals surface area contributed by atoms with Crippen LogP contribution in [0, 0.1) is 3.57 Å². The highest BCUT2D eigenvalue weighted by Gasteiger charge is 2.24. The molecule has 2 rings (SSSR count). The predicted octanol–water partition coefficient (Wildman–Crippen LogP) is 3.03. The smallest absolute Gasteiger partial charge is 0.409 e. The van der Waals surface area contributed by atoms with Gasteiger partial charge in [0.1, 0.15) is 0 Å². The van der Waals surface area contributed by atoms with Gasteiger partial charge in [0.05, 0.1) is 6.61 Å². The second kappa shape index (κ2) is 8.21. The van der Waals surface area contributed by atoms with Gasteiger partial charge in [-0.05, 0) is 66.6 Å². The first kappa shape index (κ1) is 16.9. The van der Waals surface area contributed by atoms with E-state index in [0.717, 1.165) is 22.1 Å². The SMILES string of the molecule is CCOC(=O)N1CCC(NC(=O)Nc2ccc(I)cc2)CC1. The number of hydrogen-bond acceptors (Lipinski definition) is 3. The molecule has 0 atom stereocenters. The average Bonchev–Trinajstić information content (AvgIpc) is 2.50. The number of nitrogens with one attached hydrogen (secondary N) is 2. The third kappa shape index (κ3) is 5.04. The number of halogens is 1. The molecular weight excluding hydrogens is 397 g/mol. The molecule has 0 spiro atoms. The van der Waals surface area contributed by atoms with Crippen LogP contribution in [-0.4, -0.2) is 42.8 Å². The van der Waals surface area contributed by atoms with Gasteiger partial charge in [-0.15, -0.1) is 0 Å². The van der Waals surface area contributed by atoms with E-state index in [1.807, 2.05) is 24.3 Å². The molecule has 3 amide bonds. The van der Waals surface area contributed by atoms with Crippen molar-refractivity contribution in [3.05, 3.63) is 27.8 Å². The van der Waals surface area contributed by atoms with Gasteiger partial charge in [-0.3, -0.25) is 0 Å². The summed E-state index contributed by atoms with van der Waals surface area (Å²) < 4.78 is 6.09. The molecule has 1 aliphatic heterocycles. The van der Waals surface area contributed by atoms with E-state index >= 15 is 0 Å². The molecule has 7 heteroatoms. The van der Waals surface area contributed by atoms with Crippen molar-refractivity contribution in [1.82, 2.24) is 10.2 Å². The van der Waals surface area contributed by atoms with Crippen molar-refractivity contribution in [1.29, 1.82) is 0 Å². The minimum Gasteiger partial charge on any atom is -0.450 e. The monoisotopic (exact) mass is 417 g/mol. The summed E-state index contributed by atoms with van der Waals surface area (Å²) in [4.78, 5) is 25.2. The number of rotatable bonds is 3. The van der Waals surface area contributed by atoms with Gasteiger partial charge in [0, 0.05) is 28.4 Å². The van der Waals surface area contributed by atoms with Crippen molar-refractivity contribution in [2.24, 2.45) is 0 Å². The van der Waals surface area contributed by atoms with Crippen molar-refractivity contribution < 1.29 is 14.3 Å². The largest absolute Gasteiger partial charge is 0.450 e. The van der Waals surface area contributed by atoms with Crippen LogP contribution in [0.3, 0.4) is 0 Å². The highest BCUT2D eigenvalue weighted by atomic mass is 127. The van der Waals surface area contributed by atoms with Gasteiger partial charge < -0.3 is 20.3 Å². The Morgan fingerprint density at radius 2 is 1.91 bits per heavy atom. The van der Waals surface area contributed by atoms with Crippen LogP contribution in [0.4, 0.5) is 15.3 Å². The van der Waals surface area contributed by atoms with Crippen LogP contribution in [0.2, 0.25) is 0 Å². The van der Waals surface area contributed by atoms with Crippen LogP contribution in [0.1, 0.15) is 19.8 Å². The molecule has 1 heterocycles. The van der Waals surface area contributed by atoms with E-state index in [0.29, 0.717) is 19.7 Å². The first-order valence-corrected chi connectivity index (χ1v) is 8.41. The maximum atomic E-state index is 12.0. The van der Waals surface area contributed by atoms with Crippen molar-refractivity contribution in [2.45, 2.75) is 25.8 Å². The lowest BCUT2D eigenvalue weighted by Gasteiger charge is -2.31. The van der Waals surface area contributed by atoms with E-state index in [9.17, 15) is 9.59 Å². The zero-order valence-corrected chi connectivity index (χ0v) is 14.6. The van der Waals surface area contributed by atoms with Crippen LogP contribution >= 0.6 is 22.6 Å². The number of carbonyl (C=O) groups is 2. The van der Waals surface area contributed by atoms with Gasteiger partial charge in [-0.25, -0.2) is 9.59 Å². The molecule has 1 aromatic carbocycles. The second-order valence-electron chi connectivity index (χ2n) is 5.07. The number of hydrogen-bond donors (Lipinski definition) is 2.